The van der Waals surface area contributed by atoms with Gasteiger partial charge in [-0.2, -0.15) is 0 Å². The highest BCUT2D eigenvalue weighted by Gasteiger charge is 2.05. The monoisotopic (exact) mass is 250 g/mol. The Morgan fingerprint density at radius 3 is 2.67 bits per heavy atom. The fourth-order valence-electron chi connectivity index (χ4n) is 1.52. The van der Waals surface area contributed by atoms with E-state index in [1.807, 2.05) is 27.2 Å². The number of hydrogen-bond donors (Lipinski definition) is 2. The molecule has 0 aliphatic heterocycles. The second-order valence-corrected chi connectivity index (χ2v) is 4.45. The molecule has 0 fully saturated rings. The maximum Gasteiger partial charge on any atom is 0.269 e. The minimum absolute atomic E-state index is 0.109. The van der Waals surface area contributed by atoms with E-state index >= 15 is 0 Å². The third-order valence-electron chi connectivity index (χ3n) is 2.60. The molecule has 0 unspecified atom stereocenters. The van der Waals surface area contributed by atoms with Crippen LogP contribution in [0.2, 0.25) is 0 Å². The highest BCUT2D eigenvalue weighted by molar-refractivity contribution is 5.92. The maximum atomic E-state index is 11.7. The van der Waals surface area contributed by atoms with Crippen molar-refractivity contribution in [1.82, 2.24) is 15.2 Å². The number of carbonyl (C=O) groups is 1. The molecule has 0 saturated carbocycles. The normalized spacial score (nSPS) is 10.4. The van der Waals surface area contributed by atoms with E-state index in [-0.39, 0.29) is 5.91 Å². The third-order valence-corrected chi connectivity index (χ3v) is 2.60. The molecule has 5 heteroatoms. The Labute approximate surface area is 109 Å². The predicted molar refractivity (Wildman–Crippen MR) is 73.9 cm³/mol. The van der Waals surface area contributed by atoms with Gasteiger partial charge in [0.1, 0.15) is 5.69 Å². The number of hydrogen-bond acceptors (Lipinski definition) is 4. The van der Waals surface area contributed by atoms with Crippen LogP contribution in [0.25, 0.3) is 0 Å². The number of carbonyl (C=O) groups excluding carboxylic acids is 1. The number of pyridine rings is 1. The summed E-state index contributed by atoms with van der Waals surface area (Å²) in [5.74, 6) is -0.109. The summed E-state index contributed by atoms with van der Waals surface area (Å²) in [6.45, 7) is 1.74. The number of amides is 1. The fraction of sp³-hybridized carbons (Fsp3) is 0.538. The summed E-state index contributed by atoms with van der Waals surface area (Å²) in [7, 11) is 5.92. The van der Waals surface area contributed by atoms with Gasteiger partial charge in [-0.1, -0.05) is 0 Å². The van der Waals surface area contributed by atoms with E-state index < -0.39 is 0 Å². The number of anilines is 1. The van der Waals surface area contributed by atoms with E-state index in [1.54, 1.807) is 12.3 Å². The van der Waals surface area contributed by atoms with Crippen LogP contribution in [-0.4, -0.2) is 50.0 Å². The molecule has 18 heavy (non-hydrogen) atoms. The molecule has 100 valence electrons. The fourth-order valence-corrected chi connectivity index (χ4v) is 1.52. The molecule has 1 rings (SSSR count). The molecule has 0 aliphatic carbocycles. The summed E-state index contributed by atoms with van der Waals surface area (Å²) in [5.41, 5.74) is 1.36. The summed E-state index contributed by atoms with van der Waals surface area (Å²) in [6, 6.07) is 3.56. The molecule has 0 spiro atoms. The standard InChI is InChI=1S/C13H22N4O/c1-14-11-6-7-12(16-10-11)13(18)15-8-4-5-9-17(2)3/h6-7,10,14H,4-5,8-9H2,1-3H3,(H,15,18). The highest BCUT2D eigenvalue weighted by atomic mass is 16.1. The van der Waals surface area contributed by atoms with Crippen LogP contribution in [0.4, 0.5) is 5.69 Å². The first-order chi connectivity index (χ1) is 8.63. The molecular formula is C13H22N4O. The van der Waals surface area contributed by atoms with Crippen molar-refractivity contribution in [2.75, 3.05) is 39.5 Å². The molecule has 1 heterocycles. The van der Waals surface area contributed by atoms with Crippen LogP contribution in [0.1, 0.15) is 23.3 Å². The summed E-state index contributed by atoms with van der Waals surface area (Å²) in [6.07, 6.45) is 3.72. The van der Waals surface area contributed by atoms with Crippen LogP contribution in [0.3, 0.4) is 0 Å². The van der Waals surface area contributed by atoms with E-state index in [1.165, 1.54) is 0 Å². The molecule has 0 atom stereocenters. The summed E-state index contributed by atoms with van der Waals surface area (Å²) in [4.78, 5) is 18.0. The van der Waals surface area contributed by atoms with Gasteiger partial charge in [0, 0.05) is 13.6 Å². The molecule has 1 amide bonds. The van der Waals surface area contributed by atoms with Crippen LogP contribution >= 0.6 is 0 Å². The van der Waals surface area contributed by atoms with Crippen molar-refractivity contribution in [1.29, 1.82) is 0 Å². The van der Waals surface area contributed by atoms with Gasteiger partial charge in [-0.3, -0.25) is 4.79 Å². The zero-order valence-corrected chi connectivity index (χ0v) is 11.4. The first kappa shape index (κ1) is 14.4. The van der Waals surface area contributed by atoms with Crippen molar-refractivity contribution in [2.24, 2.45) is 0 Å². The first-order valence-corrected chi connectivity index (χ1v) is 6.20. The second kappa shape index (κ2) is 7.66. The molecule has 0 aromatic carbocycles. The summed E-state index contributed by atoms with van der Waals surface area (Å²) >= 11 is 0. The molecule has 5 nitrogen and oxygen atoms in total. The molecule has 2 N–H and O–H groups in total. The summed E-state index contributed by atoms with van der Waals surface area (Å²) in [5, 5.41) is 5.83. The van der Waals surface area contributed by atoms with Crippen molar-refractivity contribution in [3.63, 3.8) is 0 Å². The zero-order chi connectivity index (χ0) is 13.4. The molecule has 0 aliphatic rings. The Kier molecular flexibility index (Phi) is 6.14. The van der Waals surface area contributed by atoms with Gasteiger partial charge in [-0.15, -0.1) is 0 Å². The lowest BCUT2D eigenvalue weighted by molar-refractivity contribution is 0.0948. The van der Waals surface area contributed by atoms with Gasteiger partial charge in [0.05, 0.1) is 11.9 Å². The molecule has 0 saturated heterocycles. The van der Waals surface area contributed by atoms with Gasteiger partial charge in [0.2, 0.25) is 0 Å². The van der Waals surface area contributed by atoms with E-state index in [0.717, 1.165) is 25.1 Å². The quantitative estimate of drug-likeness (QED) is 0.714. The average Bonchev–Trinajstić information content (AvgIpc) is 2.38. The Morgan fingerprint density at radius 2 is 2.11 bits per heavy atom. The van der Waals surface area contributed by atoms with Crippen LogP contribution in [0, 0.1) is 0 Å². The van der Waals surface area contributed by atoms with Crippen molar-refractivity contribution in [3.8, 4) is 0 Å². The van der Waals surface area contributed by atoms with Gasteiger partial charge >= 0.3 is 0 Å². The third kappa shape index (κ3) is 5.14. The van der Waals surface area contributed by atoms with Gasteiger partial charge in [-0.05, 0) is 45.6 Å². The minimum Gasteiger partial charge on any atom is -0.387 e. The average molecular weight is 250 g/mol. The Hall–Kier alpha value is -1.62. The molecule has 1 aromatic rings. The lowest BCUT2D eigenvalue weighted by Crippen LogP contribution is -2.26. The maximum absolute atomic E-state index is 11.7. The SMILES string of the molecule is CNc1ccc(C(=O)NCCCCN(C)C)nc1. The lowest BCUT2D eigenvalue weighted by Gasteiger charge is -2.09. The van der Waals surface area contributed by atoms with Gasteiger partial charge in [0.15, 0.2) is 0 Å². The van der Waals surface area contributed by atoms with Crippen LogP contribution in [-0.2, 0) is 0 Å². The van der Waals surface area contributed by atoms with Gasteiger partial charge in [-0.25, -0.2) is 4.98 Å². The Morgan fingerprint density at radius 1 is 1.33 bits per heavy atom. The minimum atomic E-state index is -0.109. The van der Waals surface area contributed by atoms with Crippen LogP contribution in [0.15, 0.2) is 18.3 Å². The molecule has 0 radical (unpaired) electrons. The van der Waals surface area contributed by atoms with Crippen molar-refractivity contribution < 1.29 is 4.79 Å². The van der Waals surface area contributed by atoms with E-state index in [9.17, 15) is 4.79 Å². The van der Waals surface area contributed by atoms with Crippen molar-refractivity contribution in [3.05, 3.63) is 24.0 Å². The Balaban J connectivity index is 2.27. The summed E-state index contributed by atoms with van der Waals surface area (Å²) < 4.78 is 0. The first-order valence-electron chi connectivity index (χ1n) is 6.20. The number of aromatic nitrogens is 1. The van der Waals surface area contributed by atoms with E-state index in [2.05, 4.69) is 20.5 Å². The van der Waals surface area contributed by atoms with Gasteiger partial charge < -0.3 is 15.5 Å². The van der Waals surface area contributed by atoms with Crippen LogP contribution < -0.4 is 10.6 Å². The van der Waals surface area contributed by atoms with E-state index in [0.29, 0.717) is 12.2 Å². The molecular weight excluding hydrogens is 228 g/mol. The van der Waals surface area contributed by atoms with E-state index in [4.69, 9.17) is 0 Å². The number of unbranched alkanes of at least 4 members (excludes halogenated alkanes) is 1. The second-order valence-electron chi connectivity index (χ2n) is 4.45. The number of nitrogens with zero attached hydrogens (tertiary/aromatic N) is 2. The van der Waals surface area contributed by atoms with Crippen LogP contribution in [0.5, 0.6) is 0 Å². The topological polar surface area (TPSA) is 57.3 Å². The largest absolute Gasteiger partial charge is 0.387 e. The lowest BCUT2D eigenvalue weighted by atomic mass is 10.3. The molecule has 1 aromatic heterocycles. The number of rotatable bonds is 7. The zero-order valence-electron chi connectivity index (χ0n) is 11.4. The van der Waals surface area contributed by atoms with Crippen molar-refractivity contribution >= 4 is 11.6 Å². The number of nitrogens with one attached hydrogen (secondary N) is 2. The predicted octanol–water partition coefficient (Wildman–Crippen LogP) is 1.19. The molecule has 0 bridgehead atoms. The van der Waals surface area contributed by atoms with Gasteiger partial charge in [0.25, 0.3) is 5.91 Å². The van der Waals surface area contributed by atoms with Crippen molar-refractivity contribution in [2.45, 2.75) is 12.8 Å². The highest BCUT2D eigenvalue weighted by Crippen LogP contribution is 2.04. The Bertz CT molecular complexity index is 362. The smallest absolute Gasteiger partial charge is 0.269 e.